The molecule has 1 aromatic rings. The third-order valence-electron chi connectivity index (χ3n) is 3.10. The van der Waals surface area contributed by atoms with E-state index in [1.807, 2.05) is 12.3 Å². The second-order valence-corrected chi connectivity index (χ2v) is 7.82. The minimum atomic E-state index is -3.36. The summed E-state index contributed by atoms with van der Waals surface area (Å²) >= 11 is 1.29. The van der Waals surface area contributed by atoms with Crippen LogP contribution in [0.15, 0.2) is 15.7 Å². The predicted octanol–water partition coefficient (Wildman–Crippen LogP) is 3.10. The molecule has 0 aliphatic heterocycles. The first-order valence-corrected chi connectivity index (χ1v) is 9.70. The number of thiophene rings is 1. The van der Waals surface area contributed by atoms with E-state index in [0.29, 0.717) is 4.21 Å². The van der Waals surface area contributed by atoms with Crippen molar-refractivity contribution in [2.45, 2.75) is 63.3 Å². The van der Waals surface area contributed by atoms with Gasteiger partial charge in [0.15, 0.2) is 0 Å². The lowest BCUT2D eigenvalue weighted by atomic mass is 10.1. The predicted molar refractivity (Wildman–Crippen MR) is 85.6 cm³/mol. The Hall–Kier alpha value is -0.430. The van der Waals surface area contributed by atoms with Gasteiger partial charge in [0.05, 0.1) is 0 Å². The van der Waals surface area contributed by atoms with Crippen LogP contribution in [0.2, 0.25) is 0 Å². The topological polar surface area (TPSA) is 58.2 Å². The van der Waals surface area contributed by atoms with Gasteiger partial charge < -0.3 is 5.32 Å². The van der Waals surface area contributed by atoms with Crippen molar-refractivity contribution in [3.8, 4) is 0 Å². The molecule has 116 valence electrons. The Morgan fingerprint density at radius 2 is 2.00 bits per heavy atom. The van der Waals surface area contributed by atoms with Crippen LogP contribution in [0.1, 0.15) is 52.0 Å². The molecule has 6 heteroatoms. The summed E-state index contributed by atoms with van der Waals surface area (Å²) in [5.41, 5.74) is 1.03. The molecule has 1 atom stereocenters. The summed E-state index contributed by atoms with van der Waals surface area (Å²) < 4.78 is 27.8. The molecular weight excluding hydrogens is 292 g/mol. The molecule has 0 aromatic carbocycles. The summed E-state index contributed by atoms with van der Waals surface area (Å²) in [5.74, 6) is 0. The highest BCUT2D eigenvalue weighted by Crippen LogP contribution is 2.21. The van der Waals surface area contributed by atoms with Crippen LogP contribution in [-0.4, -0.2) is 21.0 Å². The zero-order valence-corrected chi connectivity index (χ0v) is 14.2. The fourth-order valence-electron chi connectivity index (χ4n) is 1.97. The van der Waals surface area contributed by atoms with Gasteiger partial charge in [-0.15, -0.1) is 11.3 Å². The van der Waals surface area contributed by atoms with E-state index in [9.17, 15) is 8.42 Å². The zero-order valence-electron chi connectivity index (χ0n) is 12.6. The first kappa shape index (κ1) is 17.6. The molecule has 0 radical (unpaired) electrons. The summed E-state index contributed by atoms with van der Waals surface area (Å²) in [6.07, 6.45) is 3.76. The van der Waals surface area contributed by atoms with Gasteiger partial charge in [-0.25, -0.2) is 13.1 Å². The van der Waals surface area contributed by atoms with Crippen molar-refractivity contribution in [3.63, 3.8) is 0 Å². The molecule has 0 spiro atoms. The van der Waals surface area contributed by atoms with Gasteiger partial charge in [-0.3, -0.25) is 0 Å². The van der Waals surface area contributed by atoms with Crippen molar-refractivity contribution in [3.05, 3.63) is 17.0 Å². The molecular formula is C14H26N2O2S2. The van der Waals surface area contributed by atoms with Crippen LogP contribution in [0.5, 0.6) is 0 Å². The maximum atomic E-state index is 12.3. The third kappa shape index (κ3) is 5.52. The quantitative estimate of drug-likeness (QED) is 0.652. The largest absolute Gasteiger partial charge is 0.313 e. The van der Waals surface area contributed by atoms with Gasteiger partial charge in [-0.1, -0.05) is 27.2 Å². The molecule has 4 nitrogen and oxygen atoms in total. The van der Waals surface area contributed by atoms with E-state index in [-0.39, 0.29) is 6.04 Å². The van der Waals surface area contributed by atoms with Gasteiger partial charge in [-0.2, -0.15) is 0 Å². The third-order valence-corrected chi connectivity index (χ3v) is 6.11. The van der Waals surface area contributed by atoms with E-state index in [1.54, 1.807) is 6.07 Å². The molecule has 0 fully saturated rings. The average molecular weight is 319 g/mol. The van der Waals surface area contributed by atoms with Crippen molar-refractivity contribution >= 4 is 21.4 Å². The van der Waals surface area contributed by atoms with E-state index in [0.717, 1.165) is 44.3 Å². The van der Waals surface area contributed by atoms with Gasteiger partial charge in [0, 0.05) is 12.6 Å². The number of rotatable bonds is 10. The lowest BCUT2D eigenvalue weighted by Crippen LogP contribution is -2.33. The summed E-state index contributed by atoms with van der Waals surface area (Å²) in [6.45, 7) is 7.87. The summed E-state index contributed by atoms with van der Waals surface area (Å²) in [4.78, 5) is 0. The molecule has 1 unspecified atom stereocenters. The zero-order chi connectivity index (χ0) is 15.0. The number of hydrogen-bond acceptors (Lipinski definition) is 4. The van der Waals surface area contributed by atoms with Crippen LogP contribution >= 0.6 is 11.3 Å². The van der Waals surface area contributed by atoms with Crippen LogP contribution in [-0.2, 0) is 16.6 Å². The van der Waals surface area contributed by atoms with Gasteiger partial charge in [-0.05, 0) is 42.8 Å². The molecule has 1 heterocycles. The Morgan fingerprint density at radius 1 is 1.25 bits per heavy atom. The SMILES string of the molecule is CCCNCc1csc(S(=O)(=O)NC(CC)CCC)c1. The van der Waals surface area contributed by atoms with Gasteiger partial charge >= 0.3 is 0 Å². The first-order valence-electron chi connectivity index (χ1n) is 7.33. The van der Waals surface area contributed by atoms with Crippen LogP contribution in [0.3, 0.4) is 0 Å². The molecule has 1 aromatic heterocycles. The Bertz CT molecular complexity index is 483. The smallest absolute Gasteiger partial charge is 0.250 e. The van der Waals surface area contributed by atoms with E-state index in [2.05, 4.69) is 23.9 Å². The van der Waals surface area contributed by atoms with Crippen molar-refractivity contribution in [1.29, 1.82) is 0 Å². The summed E-state index contributed by atoms with van der Waals surface area (Å²) in [5, 5.41) is 5.19. The molecule has 1 rings (SSSR count). The summed E-state index contributed by atoms with van der Waals surface area (Å²) in [6, 6.07) is 1.81. The normalized spacial score (nSPS) is 13.6. The number of nitrogens with one attached hydrogen (secondary N) is 2. The highest BCUT2D eigenvalue weighted by Gasteiger charge is 2.20. The van der Waals surface area contributed by atoms with Crippen LogP contribution in [0, 0.1) is 0 Å². The van der Waals surface area contributed by atoms with Crippen molar-refractivity contribution < 1.29 is 8.42 Å². The van der Waals surface area contributed by atoms with E-state index >= 15 is 0 Å². The molecule has 0 saturated heterocycles. The van der Waals surface area contributed by atoms with Gasteiger partial charge in [0.2, 0.25) is 10.0 Å². The molecule has 2 N–H and O–H groups in total. The molecule has 0 aliphatic rings. The first-order chi connectivity index (χ1) is 9.53. The van der Waals surface area contributed by atoms with E-state index in [4.69, 9.17) is 0 Å². The maximum absolute atomic E-state index is 12.3. The molecule has 0 amide bonds. The van der Waals surface area contributed by atoms with Crippen molar-refractivity contribution in [2.75, 3.05) is 6.54 Å². The molecule has 0 bridgehead atoms. The lowest BCUT2D eigenvalue weighted by Gasteiger charge is -2.15. The van der Waals surface area contributed by atoms with E-state index < -0.39 is 10.0 Å². The fraction of sp³-hybridized carbons (Fsp3) is 0.714. The van der Waals surface area contributed by atoms with Gasteiger partial charge in [0.1, 0.15) is 4.21 Å². The average Bonchev–Trinajstić information content (AvgIpc) is 2.88. The molecule has 0 saturated carbocycles. The highest BCUT2D eigenvalue weighted by molar-refractivity contribution is 7.91. The maximum Gasteiger partial charge on any atom is 0.250 e. The van der Waals surface area contributed by atoms with Crippen LogP contribution < -0.4 is 10.0 Å². The van der Waals surface area contributed by atoms with Crippen molar-refractivity contribution in [1.82, 2.24) is 10.0 Å². The Labute approximate surface area is 127 Å². The highest BCUT2D eigenvalue weighted by atomic mass is 32.2. The minimum absolute atomic E-state index is 0.0359. The Kier molecular flexibility index (Phi) is 7.72. The standard InChI is InChI=1S/C14H26N2O2S2/c1-4-7-13(6-3)16-20(17,18)14-9-12(11-19-14)10-15-8-5-2/h9,11,13,15-16H,4-8,10H2,1-3H3. The van der Waals surface area contributed by atoms with Gasteiger partial charge in [0.25, 0.3) is 0 Å². The van der Waals surface area contributed by atoms with Crippen LogP contribution in [0.25, 0.3) is 0 Å². The fourth-order valence-corrected chi connectivity index (χ4v) is 4.55. The number of hydrogen-bond donors (Lipinski definition) is 2. The van der Waals surface area contributed by atoms with E-state index in [1.165, 1.54) is 11.3 Å². The Balaban J connectivity index is 2.67. The number of sulfonamides is 1. The van der Waals surface area contributed by atoms with Crippen molar-refractivity contribution in [2.24, 2.45) is 0 Å². The lowest BCUT2D eigenvalue weighted by molar-refractivity contribution is 0.513. The van der Waals surface area contributed by atoms with Crippen LogP contribution in [0.4, 0.5) is 0 Å². The molecule has 0 aliphatic carbocycles. The molecule has 20 heavy (non-hydrogen) atoms. The summed E-state index contributed by atoms with van der Waals surface area (Å²) in [7, 11) is -3.36. The Morgan fingerprint density at radius 3 is 2.60 bits per heavy atom. The minimum Gasteiger partial charge on any atom is -0.313 e. The second kappa shape index (κ2) is 8.77. The monoisotopic (exact) mass is 318 g/mol. The second-order valence-electron chi connectivity index (χ2n) is 4.97.